The molecule has 24 heavy (non-hydrogen) atoms. The van der Waals surface area contributed by atoms with Crippen LogP contribution in [0.25, 0.3) is 0 Å². The molecule has 5 nitrogen and oxygen atoms in total. The summed E-state index contributed by atoms with van der Waals surface area (Å²) in [7, 11) is 3.28. The zero-order valence-corrected chi connectivity index (χ0v) is 18.1. The predicted molar refractivity (Wildman–Crippen MR) is 112 cm³/mol. The lowest BCUT2D eigenvalue weighted by atomic mass is 9.92. The van der Waals surface area contributed by atoms with Gasteiger partial charge in [0, 0.05) is 13.1 Å². The topological polar surface area (TPSA) is 54.9 Å². The van der Waals surface area contributed by atoms with Gasteiger partial charge in [-0.2, -0.15) is 0 Å². The molecule has 0 radical (unpaired) electrons. The molecule has 0 saturated carbocycles. The van der Waals surface area contributed by atoms with E-state index in [1.165, 1.54) is 0 Å². The summed E-state index contributed by atoms with van der Waals surface area (Å²) in [6.45, 7) is 11.1. The van der Waals surface area contributed by atoms with Crippen LogP contribution in [-0.4, -0.2) is 33.3 Å². The normalized spacial score (nSPS) is 11.5. The van der Waals surface area contributed by atoms with Crippen LogP contribution in [0.2, 0.25) is 0 Å². The summed E-state index contributed by atoms with van der Waals surface area (Å²) >= 11 is 0. The van der Waals surface area contributed by atoms with Gasteiger partial charge in [-0.1, -0.05) is 26.8 Å². The zero-order valence-electron chi connectivity index (χ0n) is 15.7. The molecular formula is C18H32IN3O2. The molecular weight excluding hydrogens is 417 g/mol. The molecule has 0 aliphatic carbocycles. The predicted octanol–water partition coefficient (Wildman–Crippen LogP) is 3.81. The number of rotatable bonds is 7. The molecule has 0 fully saturated rings. The molecule has 0 bridgehead atoms. The van der Waals surface area contributed by atoms with E-state index in [1.54, 1.807) is 14.2 Å². The van der Waals surface area contributed by atoms with E-state index in [1.807, 2.05) is 18.2 Å². The minimum atomic E-state index is 0. The molecule has 0 aliphatic heterocycles. The van der Waals surface area contributed by atoms with E-state index >= 15 is 0 Å². The van der Waals surface area contributed by atoms with Crippen molar-refractivity contribution in [3.05, 3.63) is 23.8 Å². The van der Waals surface area contributed by atoms with Crippen molar-refractivity contribution in [1.82, 2.24) is 10.6 Å². The van der Waals surface area contributed by atoms with Gasteiger partial charge < -0.3 is 20.1 Å². The highest BCUT2D eigenvalue weighted by Gasteiger charge is 2.10. The summed E-state index contributed by atoms with van der Waals surface area (Å²) in [4.78, 5) is 4.63. The van der Waals surface area contributed by atoms with E-state index in [0.717, 1.165) is 42.5 Å². The van der Waals surface area contributed by atoms with Gasteiger partial charge in [0.25, 0.3) is 0 Å². The number of hydrogen-bond donors (Lipinski definition) is 2. The van der Waals surface area contributed by atoms with E-state index in [0.29, 0.717) is 12.0 Å². The molecule has 1 rings (SSSR count). The molecule has 2 N–H and O–H groups in total. The van der Waals surface area contributed by atoms with Gasteiger partial charge in [-0.15, -0.1) is 24.0 Å². The van der Waals surface area contributed by atoms with Crippen LogP contribution in [0.15, 0.2) is 23.2 Å². The summed E-state index contributed by atoms with van der Waals surface area (Å²) in [5.41, 5.74) is 1.39. The lowest BCUT2D eigenvalue weighted by Crippen LogP contribution is -2.38. The number of benzene rings is 1. The van der Waals surface area contributed by atoms with Gasteiger partial charge in [-0.05, 0) is 36.5 Å². The first-order valence-corrected chi connectivity index (χ1v) is 8.12. The lowest BCUT2D eigenvalue weighted by molar-refractivity contribution is 0.354. The monoisotopic (exact) mass is 449 g/mol. The fourth-order valence-corrected chi connectivity index (χ4v) is 2.05. The number of nitrogens with one attached hydrogen (secondary N) is 2. The molecule has 0 spiro atoms. The second kappa shape index (κ2) is 11.4. The average molecular weight is 449 g/mol. The summed E-state index contributed by atoms with van der Waals surface area (Å²) in [5, 5.41) is 6.65. The van der Waals surface area contributed by atoms with Crippen molar-refractivity contribution in [2.45, 2.75) is 40.7 Å². The minimum Gasteiger partial charge on any atom is -0.493 e. The number of hydrogen-bond acceptors (Lipinski definition) is 3. The van der Waals surface area contributed by atoms with Gasteiger partial charge in [0.2, 0.25) is 0 Å². The summed E-state index contributed by atoms with van der Waals surface area (Å²) in [6, 6.07) is 5.87. The molecule has 0 unspecified atom stereocenters. The third kappa shape index (κ3) is 8.61. The van der Waals surface area contributed by atoms with Crippen LogP contribution in [0, 0.1) is 5.41 Å². The standard InChI is InChI=1S/C18H31N3O2.HI/c1-7-19-17(20-11-10-18(2,3)4)21-13-14-8-9-15(22-5)16(12-14)23-6;/h8-9,12H,7,10-11,13H2,1-6H3,(H2,19,20,21);1H. The Morgan fingerprint density at radius 1 is 1.08 bits per heavy atom. The Labute approximate surface area is 163 Å². The first-order valence-electron chi connectivity index (χ1n) is 8.12. The number of guanidine groups is 1. The number of methoxy groups -OCH3 is 2. The van der Waals surface area contributed by atoms with E-state index in [2.05, 4.69) is 43.3 Å². The number of halogens is 1. The Kier molecular flexibility index (Phi) is 10.8. The van der Waals surface area contributed by atoms with Crippen molar-refractivity contribution in [3.8, 4) is 11.5 Å². The minimum absolute atomic E-state index is 0. The Morgan fingerprint density at radius 3 is 2.29 bits per heavy atom. The maximum atomic E-state index is 5.33. The first-order chi connectivity index (χ1) is 10.9. The zero-order chi connectivity index (χ0) is 17.3. The number of aliphatic imine (C=N–C) groups is 1. The van der Waals surface area contributed by atoms with Gasteiger partial charge in [0.1, 0.15) is 0 Å². The molecule has 0 heterocycles. The van der Waals surface area contributed by atoms with Crippen LogP contribution < -0.4 is 20.1 Å². The fraction of sp³-hybridized carbons (Fsp3) is 0.611. The maximum Gasteiger partial charge on any atom is 0.191 e. The quantitative estimate of drug-likeness (QED) is 0.378. The second-order valence-corrected chi connectivity index (χ2v) is 6.62. The van der Waals surface area contributed by atoms with Crippen molar-refractivity contribution in [2.24, 2.45) is 10.4 Å². The van der Waals surface area contributed by atoms with E-state index in [9.17, 15) is 0 Å². The van der Waals surface area contributed by atoms with Crippen LogP contribution in [0.3, 0.4) is 0 Å². The first kappa shape index (κ1) is 22.8. The molecule has 0 aromatic heterocycles. The third-order valence-electron chi connectivity index (χ3n) is 3.38. The molecule has 1 aromatic rings. The smallest absolute Gasteiger partial charge is 0.191 e. The summed E-state index contributed by atoms with van der Waals surface area (Å²) in [6.07, 6.45) is 1.09. The van der Waals surface area contributed by atoms with Crippen molar-refractivity contribution in [3.63, 3.8) is 0 Å². The van der Waals surface area contributed by atoms with Crippen molar-refractivity contribution < 1.29 is 9.47 Å². The van der Waals surface area contributed by atoms with Crippen molar-refractivity contribution in [1.29, 1.82) is 0 Å². The molecule has 138 valence electrons. The molecule has 0 amide bonds. The van der Waals surface area contributed by atoms with Crippen LogP contribution in [0.5, 0.6) is 11.5 Å². The van der Waals surface area contributed by atoms with Crippen LogP contribution in [0.1, 0.15) is 39.7 Å². The van der Waals surface area contributed by atoms with Crippen LogP contribution >= 0.6 is 24.0 Å². The SMILES string of the molecule is CCNC(=NCc1ccc(OC)c(OC)c1)NCCC(C)(C)C.I. The van der Waals surface area contributed by atoms with Gasteiger partial charge in [0.05, 0.1) is 20.8 Å². The Balaban J connectivity index is 0.00000529. The van der Waals surface area contributed by atoms with E-state index in [4.69, 9.17) is 9.47 Å². The number of ether oxygens (including phenoxy) is 2. The van der Waals surface area contributed by atoms with Gasteiger partial charge in [-0.25, -0.2) is 4.99 Å². The molecule has 0 atom stereocenters. The molecule has 0 aliphatic rings. The average Bonchev–Trinajstić information content (AvgIpc) is 2.51. The summed E-state index contributed by atoms with van der Waals surface area (Å²) < 4.78 is 10.6. The molecule has 1 aromatic carbocycles. The highest BCUT2D eigenvalue weighted by Crippen LogP contribution is 2.27. The highest BCUT2D eigenvalue weighted by molar-refractivity contribution is 14.0. The molecule has 0 saturated heterocycles. The fourth-order valence-electron chi connectivity index (χ4n) is 2.05. The van der Waals surface area contributed by atoms with Crippen LogP contribution in [-0.2, 0) is 6.54 Å². The Bertz CT molecular complexity index is 513. The Morgan fingerprint density at radius 2 is 1.75 bits per heavy atom. The van der Waals surface area contributed by atoms with Gasteiger partial charge in [0.15, 0.2) is 17.5 Å². The van der Waals surface area contributed by atoms with Gasteiger partial charge >= 0.3 is 0 Å². The van der Waals surface area contributed by atoms with E-state index in [-0.39, 0.29) is 24.0 Å². The largest absolute Gasteiger partial charge is 0.493 e. The van der Waals surface area contributed by atoms with Crippen LogP contribution in [0.4, 0.5) is 0 Å². The summed E-state index contributed by atoms with van der Waals surface area (Å²) in [5.74, 6) is 2.30. The second-order valence-electron chi connectivity index (χ2n) is 6.62. The highest BCUT2D eigenvalue weighted by atomic mass is 127. The Hall–Kier alpha value is -1.18. The van der Waals surface area contributed by atoms with Gasteiger partial charge in [-0.3, -0.25) is 0 Å². The number of nitrogens with zero attached hydrogens (tertiary/aromatic N) is 1. The molecule has 6 heteroatoms. The van der Waals surface area contributed by atoms with Crippen molar-refractivity contribution in [2.75, 3.05) is 27.3 Å². The maximum absolute atomic E-state index is 5.33. The lowest BCUT2D eigenvalue weighted by Gasteiger charge is -2.19. The van der Waals surface area contributed by atoms with E-state index < -0.39 is 0 Å². The van der Waals surface area contributed by atoms with Crippen molar-refractivity contribution >= 4 is 29.9 Å². The third-order valence-corrected chi connectivity index (χ3v) is 3.38.